The van der Waals surface area contributed by atoms with Crippen LogP contribution in [0, 0.1) is 0 Å². The van der Waals surface area contributed by atoms with Crippen molar-refractivity contribution in [2.45, 2.75) is 135 Å². The van der Waals surface area contributed by atoms with Crippen molar-refractivity contribution in [3.63, 3.8) is 0 Å². The fourth-order valence-electron chi connectivity index (χ4n) is 7.79. The molecule has 3 atom stereocenters. The van der Waals surface area contributed by atoms with Crippen LogP contribution in [0.2, 0.25) is 41.3 Å². The average Bonchev–Trinajstić information content (AvgIpc) is 3.19. The molecule has 4 aromatic rings. The predicted molar refractivity (Wildman–Crippen MR) is 268 cm³/mol. The summed E-state index contributed by atoms with van der Waals surface area (Å²) < 4.78 is 29.4. The van der Waals surface area contributed by atoms with E-state index in [-0.39, 0.29) is 33.4 Å². The molecule has 0 aliphatic heterocycles. The van der Waals surface area contributed by atoms with E-state index in [1.807, 2.05) is 0 Å². The van der Waals surface area contributed by atoms with Crippen LogP contribution < -0.4 is 21.0 Å². The normalized spacial score (nSPS) is 19.3. The lowest BCUT2D eigenvalue weighted by Crippen LogP contribution is -2.66. The van der Waals surface area contributed by atoms with Crippen LogP contribution >= 0.6 is 7.92 Å². The van der Waals surface area contributed by atoms with E-state index in [1.165, 1.54) is 26.6 Å². The summed E-state index contributed by atoms with van der Waals surface area (Å²) in [5.74, 6) is 0. The number of rotatable bonds is 16. The number of allylic oxidation sites excluding steroid dienone is 1. The summed E-state index contributed by atoms with van der Waals surface area (Å²) >= 11 is 0. The molecule has 0 heterocycles. The molecule has 0 saturated heterocycles. The number of ether oxygens (including phenoxy) is 1. The molecule has 0 radical (unpaired) electrons. The van der Waals surface area contributed by atoms with E-state index in [0.29, 0.717) is 13.2 Å². The maximum atomic E-state index is 7.47. The van der Waals surface area contributed by atoms with Gasteiger partial charge in [-0.05, 0) is 93.9 Å². The molecule has 0 spiro atoms. The van der Waals surface area contributed by atoms with Gasteiger partial charge in [0, 0.05) is 19.6 Å². The molecule has 0 unspecified atom stereocenters. The lowest BCUT2D eigenvalue weighted by molar-refractivity contribution is -0.0879. The van der Waals surface area contributed by atoms with E-state index in [9.17, 15) is 0 Å². The van der Waals surface area contributed by atoms with Gasteiger partial charge >= 0.3 is 0 Å². The standard InChI is InChI=1S/C52H75O4PSi3/c1-41-42(36-39-57(43-28-19-15-20-29-43)44-30-21-16-22-31-44)40-47(55-58(11,12)50(2,3)4)49(48(41)56-59(13,14)51(5,6)7)53-37-27-38-54-60(52(8,9)10,45-32-23-17-24-33-45)46-34-25-18-26-35-46/h15-26,28-36,47-49H,1,27,37-40H2,2-14H3/b42-36-/t47-,48-,49-/m1/s1. The minimum absolute atomic E-state index is 0.00745. The Morgan fingerprint density at radius 1 is 0.600 bits per heavy atom. The zero-order valence-corrected chi connectivity index (χ0v) is 43.1. The molecule has 1 saturated carbocycles. The summed E-state index contributed by atoms with van der Waals surface area (Å²) in [6.45, 7) is 36.3. The Labute approximate surface area is 369 Å². The molecule has 0 bridgehead atoms. The topological polar surface area (TPSA) is 36.9 Å². The van der Waals surface area contributed by atoms with Gasteiger partial charge in [0.05, 0.1) is 12.2 Å². The highest BCUT2D eigenvalue weighted by Gasteiger charge is 2.51. The minimum atomic E-state index is -2.67. The molecule has 8 heteroatoms. The average molecular weight is 879 g/mol. The third-order valence-corrected chi connectivity index (χ3v) is 29.7. The summed E-state index contributed by atoms with van der Waals surface area (Å²) in [7, 11) is -7.80. The van der Waals surface area contributed by atoms with Crippen molar-refractivity contribution in [3.8, 4) is 0 Å². The van der Waals surface area contributed by atoms with E-state index in [4.69, 9.17) is 24.6 Å². The van der Waals surface area contributed by atoms with Crippen LogP contribution in [0.1, 0.15) is 75.2 Å². The third-order valence-electron chi connectivity index (χ3n) is 13.3. The Morgan fingerprint density at radius 3 is 1.47 bits per heavy atom. The first-order valence-electron chi connectivity index (χ1n) is 22.1. The van der Waals surface area contributed by atoms with Crippen LogP contribution in [-0.4, -0.2) is 62.6 Å². The largest absolute Gasteiger partial charge is 0.411 e. The van der Waals surface area contributed by atoms with Crippen molar-refractivity contribution in [2.75, 3.05) is 19.4 Å². The Balaban J connectivity index is 1.49. The summed E-state index contributed by atoms with van der Waals surface area (Å²) in [4.78, 5) is 0. The number of benzene rings is 4. The van der Waals surface area contributed by atoms with Gasteiger partial charge in [-0.25, -0.2) is 0 Å². The zero-order chi connectivity index (χ0) is 44.0. The van der Waals surface area contributed by atoms with Gasteiger partial charge in [-0.1, -0.05) is 196 Å². The first-order valence-corrected chi connectivity index (χ1v) is 31.3. The van der Waals surface area contributed by atoms with E-state index in [0.717, 1.165) is 24.6 Å². The van der Waals surface area contributed by atoms with Gasteiger partial charge in [0.25, 0.3) is 8.32 Å². The molecule has 324 valence electrons. The lowest BCUT2D eigenvalue weighted by atomic mass is 9.84. The van der Waals surface area contributed by atoms with Crippen molar-refractivity contribution in [2.24, 2.45) is 0 Å². The number of hydrogen-bond acceptors (Lipinski definition) is 4. The summed E-state index contributed by atoms with van der Waals surface area (Å²) in [5, 5.41) is 5.29. The van der Waals surface area contributed by atoms with Gasteiger partial charge in [-0.15, -0.1) is 0 Å². The SMILES string of the molecule is C=C1/C(=C\CP(c2ccccc2)c2ccccc2)C[C@@H](O[Si](C)(C)C(C)(C)C)[C@@H](OCCCO[Si](c2ccccc2)(c2ccccc2)C(C)(C)C)[C@@H]1O[Si](C)(C)C(C)(C)C. The fraction of sp³-hybridized carbons (Fsp3) is 0.462. The molecule has 0 aromatic heterocycles. The van der Waals surface area contributed by atoms with Gasteiger partial charge in [0.15, 0.2) is 16.6 Å². The number of hydrogen-bond donors (Lipinski definition) is 0. The summed E-state index contributed by atoms with van der Waals surface area (Å²) in [6.07, 6.45) is 4.10. The van der Waals surface area contributed by atoms with Gasteiger partial charge in [0.1, 0.15) is 6.10 Å². The first kappa shape index (κ1) is 48.3. The first-order chi connectivity index (χ1) is 28.1. The van der Waals surface area contributed by atoms with E-state index in [2.05, 4.69) is 216 Å². The van der Waals surface area contributed by atoms with Gasteiger partial charge in [-0.2, -0.15) is 0 Å². The van der Waals surface area contributed by atoms with Crippen molar-refractivity contribution in [1.82, 2.24) is 0 Å². The molecule has 1 fully saturated rings. The smallest absolute Gasteiger partial charge is 0.261 e. The van der Waals surface area contributed by atoms with Gasteiger partial charge < -0.3 is 18.0 Å². The second-order valence-corrected chi connectivity index (χ2v) is 36.7. The summed E-state index contributed by atoms with van der Waals surface area (Å²) in [6, 6.07) is 43.8. The Kier molecular flexibility index (Phi) is 15.9. The van der Waals surface area contributed by atoms with E-state index >= 15 is 0 Å². The molecule has 1 aliphatic carbocycles. The third kappa shape index (κ3) is 11.3. The lowest BCUT2D eigenvalue weighted by Gasteiger charge is -2.49. The minimum Gasteiger partial charge on any atom is -0.411 e. The highest BCUT2D eigenvalue weighted by Crippen LogP contribution is 2.46. The van der Waals surface area contributed by atoms with E-state index in [1.54, 1.807) is 0 Å². The monoisotopic (exact) mass is 878 g/mol. The van der Waals surface area contributed by atoms with Crippen molar-refractivity contribution >= 4 is 53.9 Å². The van der Waals surface area contributed by atoms with Crippen LogP contribution in [0.5, 0.6) is 0 Å². The van der Waals surface area contributed by atoms with E-state index < -0.39 is 32.9 Å². The van der Waals surface area contributed by atoms with Gasteiger partial charge in [-0.3, -0.25) is 0 Å². The maximum absolute atomic E-state index is 7.47. The van der Waals surface area contributed by atoms with Crippen LogP contribution in [0.4, 0.5) is 0 Å². The van der Waals surface area contributed by atoms with Gasteiger partial charge in [0.2, 0.25) is 0 Å². The second kappa shape index (κ2) is 19.8. The van der Waals surface area contributed by atoms with Crippen LogP contribution in [0.15, 0.2) is 145 Å². The van der Waals surface area contributed by atoms with Crippen LogP contribution in [-0.2, 0) is 18.0 Å². The van der Waals surface area contributed by atoms with Crippen LogP contribution in [0.25, 0.3) is 0 Å². The molecule has 0 N–H and O–H groups in total. The fourth-order valence-corrected chi connectivity index (χ4v) is 17.2. The molecular weight excluding hydrogens is 804 g/mol. The summed E-state index contributed by atoms with van der Waals surface area (Å²) in [5.41, 5.74) is 2.29. The molecule has 4 aromatic carbocycles. The predicted octanol–water partition coefficient (Wildman–Crippen LogP) is 12.1. The molecule has 1 aliphatic rings. The Morgan fingerprint density at radius 2 is 1.03 bits per heavy atom. The quantitative estimate of drug-likeness (QED) is 0.0638. The molecule has 60 heavy (non-hydrogen) atoms. The van der Waals surface area contributed by atoms with Crippen molar-refractivity contribution in [3.05, 3.63) is 145 Å². The molecule has 4 nitrogen and oxygen atoms in total. The second-order valence-electron chi connectivity index (χ2n) is 20.7. The highest BCUT2D eigenvalue weighted by molar-refractivity contribution is 7.73. The van der Waals surface area contributed by atoms with Crippen molar-refractivity contribution in [1.29, 1.82) is 0 Å². The van der Waals surface area contributed by atoms with Crippen molar-refractivity contribution < 1.29 is 18.0 Å². The maximum Gasteiger partial charge on any atom is 0.261 e. The highest BCUT2D eigenvalue weighted by atomic mass is 31.1. The van der Waals surface area contributed by atoms with Crippen LogP contribution in [0.3, 0.4) is 0 Å². The molecule has 0 amide bonds. The Hall–Kier alpha value is -2.72. The molecular formula is C52H75O4PSi3. The molecule has 5 rings (SSSR count). The Bertz CT molecular complexity index is 1900. The zero-order valence-electron chi connectivity index (χ0n) is 39.2.